The first-order chi connectivity index (χ1) is 11.2. The van der Waals surface area contributed by atoms with E-state index in [4.69, 9.17) is 46.4 Å². The number of amides is 1. The van der Waals surface area contributed by atoms with Gasteiger partial charge in [0.05, 0.1) is 31.2 Å². The molecule has 1 N–H and O–H groups in total. The fourth-order valence-corrected chi connectivity index (χ4v) is 3.10. The molecule has 4 nitrogen and oxygen atoms in total. The van der Waals surface area contributed by atoms with Crippen LogP contribution in [0, 0.1) is 6.92 Å². The van der Waals surface area contributed by atoms with E-state index < -0.39 is 17.4 Å². The van der Waals surface area contributed by atoms with Crippen LogP contribution in [0.5, 0.6) is 0 Å². The van der Waals surface area contributed by atoms with Crippen molar-refractivity contribution in [3.63, 3.8) is 0 Å². The van der Waals surface area contributed by atoms with E-state index in [1.165, 1.54) is 11.9 Å². The number of rotatable bonds is 3. The molecule has 0 spiro atoms. The molecule has 0 radical (unpaired) electrons. The van der Waals surface area contributed by atoms with Crippen molar-refractivity contribution in [1.29, 1.82) is 0 Å². The Morgan fingerprint density at radius 3 is 1.79 bits per heavy atom. The molecule has 0 fully saturated rings. The lowest BCUT2D eigenvalue weighted by Gasteiger charge is -2.21. The number of anilines is 1. The summed E-state index contributed by atoms with van der Waals surface area (Å²) in [7, 11) is 1.49. The SMILES string of the molecule is Cc1ccc(N(C)C(=O)c2c(Cl)c(Cl)c(Cl)c(Cl)c2C(=O)O)cc1. The second-order valence-electron chi connectivity index (χ2n) is 5.01. The zero-order valence-corrected chi connectivity index (χ0v) is 15.6. The van der Waals surface area contributed by atoms with E-state index in [-0.39, 0.29) is 25.7 Å². The first-order valence-corrected chi connectivity index (χ1v) is 8.12. The maximum Gasteiger partial charge on any atom is 0.338 e. The van der Waals surface area contributed by atoms with Crippen LogP contribution in [0.3, 0.4) is 0 Å². The highest BCUT2D eigenvalue weighted by atomic mass is 35.5. The number of halogens is 4. The van der Waals surface area contributed by atoms with E-state index in [1.807, 2.05) is 19.1 Å². The quantitative estimate of drug-likeness (QED) is 0.534. The van der Waals surface area contributed by atoms with Crippen molar-refractivity contribution < 1.29 is 14.7 Å². The highest BCUT2D eigenvalue weighted by molar-refractivity contribution is 6.54. The summed E-state index contributed by atoms with van der Waals surface area (Å²) in [6, 6.07) is 7.09. The van der Waals surface area contributed by atoms with Gasteiger partial charge in [0.2, 0.25) is 0 Å². The number of carbonyl (C=O) groups excluding carboxylic acids is 1. The Bertz CT molecular complexity index is 834. The molecule has 2 aromatic rings. The van der Waals surface area contributed by atoms with E-state index in [2.05, 4.69) is 0 Å². The topological polar surface area (TPSA) is 57.6 Å². The van der Waals surface area contributed by atoms with Crippen LogP contribution in [0.1, 0.15) is 26.3 Å². The van der Waals surface area contributed by atoms with Crippen LogP contribution < -0.4 is 4.90 Å². The summed E-state index contributed by atoms with van der Waals surface area (Å²) in [6.45, 7) is 1.91. The maximum atomic E-state index is 12.8. The van der Waals surface area contributed by atoms with Gasteiger partial charge in [0.1, 0.15) is 0 Å². The lowest BCUT2D eigenvalue weighted by Crippen LogP contribution is -2.28. The smallest absolute Gasteiger partial charge is 0.338 e. The van der Waals surface area contributed by atoms with Crippen molar-refractivity contribution in [3.8, 4) is 0 Å². The molecule has 8 heteroatoms. The van der Waals surface area contributed by atoms with Gasteiger partial charge in [0.25, 0.3) is 5.91 Å². The van der Waals surface area contributed by atoms with E-state index in [1.54, 1.807) is 12.1 Å². The Morgan fingerprint density at radius 1 is 0.875 bits per heavy atom. The van der Waals surface area contributed by atoms with E-state index in [0.717, 1.165) is 5.56 Å². The minimum atomic E-state index is -1.43. The fraction of sp³-hybridized carbons (Fsp3) is 0.125. The van der Waals surface area contributed by atoms with Gasteiger partial charge in [-0.05, 0) is 19.1 Å². The average Bonchev–Trinajstić information content (AvgIpc) is 2.55. The molecule has 0 heterocycles. The highest BCUT2D eigenvalue weighted by Crippen LogP contribution is 2.42. The highest BCUT2D eigenvalue weighted by Gasteiger charge is 2.30. The first-order valence-electron chi connectivity index (χ1n) is 6.60. The van der Waals surface area contributed by atoms with E-state index >= 15 is 0 Å². The normalized spacial score (nSPS) is 10.6. The predicted molar refractivity (Wildman–Crippen MR) is 97.4 cm³/mol. The Balaban J connectivity index is 2.64. The molecule has 0 aliphatic carbocycles. The zero-order valence-electron chi connectivity index (χ0n) is 12.5. The van der Waals surface area contributed by atoms with Crippen LogP contribution in [0.2, 0.25) is 20.1 Å². The monoisotopic (exact) mass is 405 g/mol. The number of aromatic carboxylic acids is 1. The van der Waals surface area contributed by atoms with Crippen LogP contribution in [-0.4, -0.2) is 24.0 Å². The number of nitrogens with zero attached hydrogens (tertiary/aromatic N) is 1. The van der Waals surface area contributed by atoms with Gasteiger partial charge in [0, 0.05) is 12.7 Å². The number of hydrogen-bond donors (Lipinski definition) is 1. The summed E-state index contributed by atoms with van der Waals surface area (Å²) < 4.78 is 0. The van der Waals surface area contributed by atoms with Crippen molar-refractivity contribution >= 4 is 64.0 Å². The molecular weight excluding hydrogens is 396 g/mol. The summed E-state index contributed by atoms with van der Waals surface area (Å²) in [4.78, 5) is 25.6. The summed E-state index contributed by atoms with van der Waals surface area (Å²) in [5.74, 6) is -2.09. The molecule has 24 heavy (non-hydrogen) atoms. The lowest BCUT2D eigenvalue weighted by molar-refractivity contribution is 0.0692. The molecule has 1 amide bonds. The number of aryl methyl sites for hydroxylation is 1. The first kappa shape index (κ1) is 18.9. The number of hydrogen-bond acceptors (Lipinski definition) is 2. The lowest BCUT2D eigenvalue weighted by atomic mass is 10.1. The van der Waals surface area contributed by atoms with Crippen molar-refractivity contribution in [1.82, 2.24) is 0 Å². The van der Waals surface area contributed by atoms with Crippen molar-refractivity contribution in [2.45, 2.75) is 6.92 Å². The van der Waals surface area contributed by atoms with Crippen molar-refractivity contribution in [2.75, 3.05) is 11.9 Å². The molecule has 0 bridgehead atoms. The fourth-order valence-electron chi connectivity index (χ4n) is 2.09. The van der Waals surface area contributed by atoms with Gasteiger partial charge < -0.3 is 10.0 Å². The van der Waals surface area contributed by atoms with Gasteiger partial charge in [-0.3, -0.25) is 4.79 Å². The van der Waals surface area contributed by atoms with Crippen LogP contribution in [0.4, 0.5) is 5.69 Å². The molecule has 0 aliphatic heterocycles. The van der Waals surface area contributed by atoms with Gasteiger partial charge in [-0.15, -0.1) is 0 Å². The van der Waals surface area contributed by atoms with Gasteiger partial charge in [-0.25, -0.2) is 4.79 Å². The molecule has 0 saturated carbocycles. The summed E-state index contributed by atoms with van der Waals surface area (Å²) in [5.41, 5.74) is 0.772. The molecule has 0 atom stereocenters. The minimum absolute atomic E-state index is 0.172. The van der Waals surface area contributed by atoms with Crippen molar-refractivity contribution in [3.05, 3.63) is 61.0 Å². The molecule has 0 unspecified atom stereocenters. The van der Waals surface area contributed by atoms with Crippen molar-refractivity contribution in [2.24, 2.45) is 0 Å². The third-order valence-corrected chi connectivity index (χ3v) is 5.22. The van der Waals surface area contributed by atoms with Gasteiger partial charge in [-0.2, -0.15) is 0 Å². The summed E-state index contributed by atoms with van der Waals surface area (Å²) in [6.07, 6.45) is 0. The third-order valence-electron chi connectivity index (χ3n) is 3.42. The molecule has 0 aromatic heterocycles. The molecular formula is C16H11Cl4NO3. The number of carbonyl (C=O) groups is 2. The van der Waals surface area contributed by atoms with Crippen LogP contribution in [0.15, 0.2) is 24.3 Å². The average molecular weight is 407 g/mol. The molecule has 126 valence electrons. The van der Waals surface area contributed by atoms with Gasteiger partial charge in [0.15, 0.2) is 0 Å². The predicted octanol–water partition coefficient (Wildman–Crippen LogP) is 5.58. The Morgan fingerprint density at radius 2 is 1.33 bits per heavy atom. The number of carboxylic acid groups (broad SMARTS) is 1. The van der Waals surface area contributed by atoms with E-state index in [9.17, 15) is 14.7 Å². The second-order valence-corrected chi connectivity index (χ2v) is 6.52. The minimum Gasteiger partial charge on any atom is -0.478 e. The zero-order chi connectivity index (χ0) is 18.2. The van der Waals surface area contributed by atoms with Crippen LogP contribution in [0.25, 0.3) is 0 Å². The molecule has 2 rings (SSSR count). The number of benzene rings is 2. The third kappa shape index (κ3) is 3.33. The van der Waals surface area contributed by atoms with Gasteiger partial charge in [-0.1, -0.05) is 64.1 Å². The van der Waals surface area contributed by atoms with Gasteiger partial charge >= 0.3 is 5.97 Å². The molecule has 2 aromatic carbocycles. The second kappa shape index (κ2) is 7.19. The standard InChI is InChI=1S/C16H11Cl4NO3/c1-7-3-5-8(6-4-7)21(2)15(22)9-10(16(23)24)12(18)14(20)13(19)11(9)17/h3-6H,1-2H3,(H,23,24). The molecule has 0 aliphatic rings. The van der Waals surface area contributed by atoms with E-state index in [0.29, 0.717) is 5.69 Å². The number of carboxylic acids is 1. The Labute approximate surface area is 158 Å². The Kier molecular flexibility index (Phi) is 5.66. The molecule has 0 saturated heterocycles. The summed E-state index contributed by atoms with van der Waals surface area (Å²) >= 11 is 23.9. The Hall–Kier alpha value is -1.46. The van der Waals surface area contributed by atoms with Crippen LogP contribution in [-0.2, 0) is 0 Å². The summed E-state index contributed by atoms with van der Waals surface area (Å²) in [5, 5.41) is 8.43. The van der Waals surface area contributed by atoms with Crippen LogP contribution >= 0.6 is 46.4 Å². The largest absolute Gasteiger partial charge is 0.478 e. The maximum absolute atomic E-state index is 12.8.